The third-order valence-corrected chi connectivity index (χ3v) is 15.4. The van der Waals surface area contributed by atoms with Gasteiger partial charge in [0.05, 0.1) is 6.54 Å². The van der Waals surface area contributed by atoms with Crippen molar-refractivity contribution in [2.75, 3.05) is 19.6 Å². The van der Waals surface area contributed by atoms with Crippen molar-refractivity contribution < 1.29 is 38.2 Å². The molecule has 3 aliphatic heterocycles. The van der Waals surface area contributed by atoms with Crippen LogP contribution in [-0.4, -0.2) is 119 Å². The van der Waals surface area contributed by atoms with E-state index >= 15 is 28.8 Å². The number of benzene rings is 4. The summed E-state index contributed by atoms with van der Waals surface area (Å²) in [5.41, 5.74) is 4.75. The maximum absolute atomic E-state index is 15.5. The summed E-state index contributed by atoms with van der Waals surface area (Å²) in [7, 11) is 0. The quantitative estimate of drug-likeness (QED) is 0.0313. The number of rotatable bonds is 18. The lowest BCUT2D eigenvalue weighted by Crippen LogP contribution is -2.62. The molecular formula is C64H72N10O8. The number of ether oxygens (including phenoxy) is 2. The molecule has 82 heavy (non-hydrogen) atoms. The van der Waals surface area contributed by atoms with Crippen molar-refractivity contribution in [3.05, 3.63) is 192 Å². The number of piperidine rings is 1. The molecule has 6 amide bonds. The zero-order valence-electron chi connectivity index (χ0n) is 46.1. The van der Waals surface area contributed by atoms with E-state index in [2.05, 4.69) is 53.6 Å². The summed E-state index contributed by atoms with van der Waals surface area (Å²) in [5, 5.41) is 19.3. The lowest BCUT2D eigenvalue weighted by molar-refractivity contribution is -0.143. The first kappa shape index (κ1) is 57.8. The number of carbonyl (C=O) groups excluding carboxylic acids is 6. The number of aryl methyl sites for hydroxylation is 1. The highest BCUT2D eigenvalue weighted by Crippen LogP contribution is 2.27. The lowest BCUT2D eigenvalue weighted by Gasteiger charge is -2.32. The molecule has 7 N–H and O–H groups in total. The minimum Gasteiger partial charge on any atom is -0.489 e. The van der Waals surface area contributed by atoms with E-state index in [-0.39, 0.29) is 51.0 Å². The highest BCUT2D eigenvalue weighted by molar-refractivity contribution is 5.99. The molecule has 5 heterocycles. The van der Waals surface area contributed by atoms with Crippen molar-refractivity contribution in [2.45, 2.75) is 114 Å². The van der Waals surface area contributed by atoms with Gasteiger partial charge >= 0.3 is 0 Å². The van der Waals surface area contributed by atoms with E-state index in [0.717, 1.165) is 53.5 Å². The fraction of sp³-hybridized carbons (Fsp3) is 0.344. The van der Waals surface area contributed by atoms with Gasteiger partial charge in [-0.25, -0.2) is 0 Å². The molecule has 4 aromatic carbocycles. The van der Waals surface area contributed by atoms with Crippen LogP contribution in [0.5, 0.6) is 5.75 Å². The summed E-state index contributed by atoms with van der Waals surface area (Å²) in [6.07, 6.45) is 11.3. The molecule has 3 saturated heterocycles. The van der Waals surface area contributed by atoms with E-state index in [0.29, 0.717) is 35.7 Å². The number of hydrogen-bond donors (Lipinski definition) is 7. The summed E-state index contributed by atoms with van der Waals surface area (Å²) in [6, 6.07) is 30.2. The van der Waals surface area contributed by atoms with Crippen LogP contribution in [0.25, 0.3) is 10.9 Å². The van der Waals surface area contributed by atoms with Crippen LogP contribution in [0.1, 0.15) is 66.8 Å². The second-order valence-electron chi connectivity index (χ2n) is 21.2. The van der Waals surface area contributed by atoms with Gasteiger partial charge in [0, 0.05) is 61.4 Å². The highest BCUT2D eigenvalue weighted by atomic mass is 16.5. The fourth-order valence-corrected chi connectivity index (χ4v) is 11.0. The number of aliphatic imine (C=N–C) groups is 1. The van der Waals surface area contributed by atoms with Crippen LogP contribution in [0, 0.1) is 5.92 Å². The number of para-hydroxylation sites is 1. The minimum absolute atomic E-state index is 0.0125. The van der Waals surface area contributed by atoms with Gasteiger partial charge in [-0.1, -0.05) is 97.1 Å². The molecule has 0 aliphatic carbocycles. The van der Waals surface area contributed by atoms with Gasteiger partial charge in [0.25, 0.3) is 0 Å². The first-order valence-electron chi connectivity index (χ1n) is 28.2. The molecule has 426 valence electrons. The molecular weight excluding hydrogens is 1040 g/mol. The number of aromatic amines is 1. The van der Waals surface area contributed by atoms with Gasteiger partial charge < -0.3 is 51.3 Å². The van der Waals surface area contributed by atoms with Crippen LogP contribution in [0.15, 0.2) is 169 Å². The third-order valence-electron chi connectivity index (χ3n) is 15.4. The Bertz CT molecular complexity index is 3200. The standard InChI is InChI=1S/C64H72N10O8/c1-3-48(28-30-65-2)82-50-37-58-63(79)69-53(25-22-42-13-6-4-7-14-42)59(75)72-56(36-47-39-68-52-19-11-10-18-51(47)52)62(78)71-55(34-44-26-31-66-32-27-44)60(76)70-54(33-43-20-23-49(24-21-43)81-41-45-15-8-5-9-16-45)61(77)73-57(64(80)74(58)40-50)35-46-17-12-29-67-38-46/h3-21,23-24,28-30,38-39,44,50,53-58,66,68H,2,22,25-27,31-37,40-41H2,1H3,(H,69,79)(H,70,76)(H,71,78)(H,72,75)(H,73,77)/b30-28-,48-3+/t50-,53-,54+,55+,56-,57+,58+/m1/s1. The van der Waals surface area contributed by atoms with Crippen molar-refractivity contribution in [1.29, 1.82) is 0 Å². The number of nitrogens with zero attached hydrogens (tertiary/aromatic N) is 3. The summed E-state index contributed by atoms with van der Waals surface area (Å²) >= 11 is 0. The number of amides is 6. The van der Waals surface area contributed by atoms with E-state index in [4.69, 9.17) is 9.47 Å². The molecule has 3 aliphatic rings. The maximum atomic E-state index is 15.5. The number of carbonyl (C=O) groups is 6. The molecule has 0 radical (unpaired) electrons. The molecule has 9 rings (SSSR count). The maximum Gasteiger partial charge on any atom is 0.246 e. The van der Waals surface area contributed by atoms with Gasteiger partial charge in [-0.15, -0.1) is 0 Å². The Hall–Kier alpha value is -8.90. The number of aromatic nitrogens is 2. The summed E-state index contributed by atoms with van der Waals surface area (Å²) in [4.78, 5) is 104. The normalized spacial score (nSPS) is 22.7. The number of H-pyrrole nitrogens is 1. The van der Waals surface area contributed by atoms with Crippen LogP contribution < -0.4 is 36.6 Å². The zero-order valence-corrected chi connectivity index (χ0v) is 46.1. The van der Waals surface area contributed by atoms with Gasteiger partial charge in [0.2, 0.25) is 35.4 Å². The van der Waals surface area contributed by atoms with E-state index in [1.54, 1.807) is 61.9 Å². The lowest BCUT2D eigenvalue weighted by atomic mass is 9.90. The first-order valence-corrected chi connectivity index (χ1v) is 28.2. The van der Waals surface area contributed by atoms with Gasteiger partial charge in [0.1, 0.15) is 60.5 Å². The monoisotopic (exact) mass is 1110 g/mol. The van der Waals surface area contributed by atoms with E-state index in [9.17, 15) is 0 Å². The Morgan fingerprint density at radius 1 is 0.671 bits per heavy atom. The molecule has 0 spiro atoms. The summed E-state index contributed by atoms with van der Waals surface area (Å²) in [5.74, 6) is -2.75. The van der Waals surface area contributed by atoms with E-state index in [1.807, 2.05) is 97.1 Å². The number of hydrogen-bond acceptors (Lipinski definition) is 11. The topological polar surface area (TPSA) is 237 Å². The Balaban J connectivity index is 1.11. The Morgan fingerprint density at radius 3 is 2.00 bits per heavy atom. The van der Waals surface area contributed by atoms with Crippen LogP contribution >= 0.6 is 0 Å². The van der Waals surface area contributed by atoms with Gasteiger partial charge in [-0.3, -0.25) is 38.7 Å². The number of nitrogens with one attached hydrogen (secondary N) is 7. The molecule has 18 nitrogen and oxygen atoms in total. The highest BCUT2D eigenvalue weighted by Gasteiger charge is 2.45. The van der Waals surface area contributed by atoms with Crippen LogP contribution in [0.2, 0.25) is 0 Å². The third kappa shape index (κ3) is 15.7. The molecule has 0 bridgehead atoms. The van der Waals surface area contributed by atoms with Crippen molar-refractivity contribution >= 4 is 53.1 Å². The minimum atomic E-state index is -1.29. The average molecular weight is 1110 g/mol. The van der Waals surface area contributed by atoms with E-state index < -0.39 is 77.8 Å². The molecule has 18 heteroatoms. The Kier molecular flexibility index (Phi) is 20.1. The second-order valence-corrected chi connectivity index (χ2v) is 21.2. The van der Waals surface area contributed by atoms with Crippen molar-refractivity contribution in [1.82, 2.24) is 46.8 Å². The number of pyridine rings is 1. The Labute approximate surface area is 478 Å². The van der Waals surface area contributed by atoms with Crippen molar-refractivity contribution in [2.24, 2.45) is 10.9 Å². The van der Waals surface area contributed by atoms with Crippen LogP contribution in [0.3, 0.4) is 0 Å². The van der Waals surface area contributed by atoms with Gasteiger partial charge in [-0.05, 0) is 129 Å². The zero-order chi connectivity index (χ0) is 57.2. The van der Waals surface area contributed by atoms with Crippen LogP contribution in [-0.2, 0) is 65.8 Å². The van der Waals surface area contributed by atoms with Crippen molar-refractivity contribution in [3.8, 4) is 5.75 Å². The number of allylic oxidation sites excluding steroid dienone is 2. The average Bonchev–Trinajstić information content (AvgIpc) is 4.31. The fourth-order valence-electron chi connectivity index (χ4n) is 11.0. The summed E-state index contributed by atoms with van der Waals surface area (Å²) in [6.45, 7) is 7.01. The second kappa shape index (κ2) is 28.5. The molecule has 0 unspecified atom stereocenters. The smallest absolute Gasteiger partial charge is 0.246 e. The largest absolute Gasteiger partial charge is 0.489 e. The summed E-state index contributed by atoms with van der Waals surface area (Å²) < 4.78 is 12.5. The van der Waals surface area contributed by atoms with E-state index in [1.165, 1.54) is 11.1 Å². The predicted molar refractivity (Wildman–Crippen MR) is 313 cm³/mol. The Morgan fingerprint density at radius 2 is 1.29 bits per heavy atom. The first-order chi connectivity index (χ1) is 40.0. The molecule has 7 atom stereocenters. The van der Waals surface area contributed by atoms with Crippen molar-refractivity contribution in [3.63, 3.8) is 0 Å². The SMILES string of the molecule is C=N/C=C\C(=C/C)O[C@@H]1C[C@H]2C(=O)N[C@H](CCc3ccccc3)C(=O)N[C@H](Cc3c[nH]c4ccccc34)C(=O)N[C@@H](CC3CCNCC3)C(=O)N[C@@H](Cc3ccc(OCc4ccccc4)cc3)C(=O)N[C@@H](Cc3cccnc3)C(=O)N2C1. The molecule has 6 aromatic rings. The molecule has 3 fully saturated rings. The predicted octanol–water partition coefficient (Wildman–Crippen LogP) is 5.73. The molecule has 0 saturated carbocycles. The van der Waals surface area contributed by atoms with Crippen LogP contribution in [0.4, 0.5) is 0 Å². The van der Waals surface area contributed by atoms with Gasteiger partial charge in [-0.2, -0.15) is 0 Å². The number of fused-ring (bicyclic) bond motifs is 2. The molecule has 2 aromatic heterocycles. The van der Waals surface area contributed by atoms with Gasteiger partial charge in [0.15, 0.2) is 0 Å².